The standard InChI is InChI=1S/C43H58N8O9/c1-27(2)20-33(47-43(59)36-16-11-18-51(36)29(4)53)40(56)46-34(22-32-23-45-26-50(32)19-17-30-12-7-5-8-13-30)41(57)48-35(24-52)42(58)49-38(39(44)55)28(3)21-37(54)60-25-31-14-9-6-10-15-31/h5-10,12-15,23,26-28,33-36,38,52H,11,16-22,24-25H2,1-4H3,(H2,44,55)(H,46,56)(H,47,59)(H,48,57)(H,49,58)/t28-,33-,34-,35-,36-,38-/m0/s1. The van der Waals surface area contributed by atoms with Gasteiger partial charge >= 0.3 is 5.97 Å². The van der Waals surface area contributed by atoms with Crippen LogP contribution in [0.1, 0.15) is 70.2 Å². The molecule has 0 aliphatic carbocycles. The van der Waals surface area contributed by atoms with E-state index in [0.717, 1.165) is 11.1 Å². The minimum atomic E-state index is -1.61. The van der Waals surface area contributed by atoms with Crippen molar-refractivity contribution in [3.63, 3.8) is 0 Å². The van der Waals surface area contributed by atoms with E-state index in [1.807, 2.05) is 54.8 Å². The van der Waals surface area contributed by atoms with Crippen molar-refractivity contribution in [2.75, 3.05) is 13.2 Å². The Hall–Kier alpha value is -6.10. The molecule has 1 saturated heterocycles. The molecule has 17 heteroatoms. The number of rotatable bonds is 22. The summed E-state index contributed by atoms with van der Waals surface area (Å²) in [7, 11) is 0. The smallest absolute Gasteiger partial charge is 0.306 e. The molecule has 3 aromatic rings. The van der Waals surface area contributed by atoms with Crippen molar-refractivity contribution >= 4 is 41.4 Å². The van der Waals surface area contributed by atoms with Crippen LogP contribution < -0.4 is 27.0 Å². The van der Waals surface area contributed by atoms with Gasteiger partial charge in [-0.25, -0.2) is 4.98 Å². The number of hydrogen-bond acceptors (Lipinski definition) is 10. The van der Waals surface area contributed by atoms with Gasteiger partial charge in [-0.1, -0.05) is 81.4 Å². The zero-order valence-corrected chi connectivity index (χ0v) is 34.7. The molecule has 17 nitrogen and oxygen atoms in total. The topological polar surface area (TPSA) is 244 Å². The maximum atomic E-state index is 14.1. The predicted octanol–water partition coefficient (Wildman–Crippen LogP) is 0.912. The summed E-state index contributed by atoms with van der Waals surface area (Å²) in [5.74, 6) is -5.70. The van der Waals surface area contributed by atoms with Crippen LogP contribution >= 0.6 is 0 Å². The number of imidazole rings is 1. The van der Waals surface area contributed by atoms with Gasteiger partial charge in [0.2, 0.25) is 35.4 Å². The number of likely N-dealkylation sites (tertiary alicyclic amines) is 1. The van der Waals surface area contributed by atoms with E-state index >= 15 is 0 Å². The lowest BCUT2D eigenvalue weighted by atomic mass is 9.97. The number of ether oxygens (including phenoxy) is 1. The van der Waals surface area contributed by atoms with E-state index in [-0.39, 0.29) is 37.7 Å². The molecule has 1 aromatic heterocycles. The third kappa shape index (κ3) is 14.0. The van der Waals surface area contributed by atoms with Crippen molar-refractivity contribution in [1.29, 1.82) is 0 Å². The monoisotopic (exact) mass is 830 g/mol. The Kier molecular flexibility index (Phi) is 17.8. The molecule has 4 rings (SSSR count). The molecule has 0 radical (unpaired) electrons. The first-order valence-corrected chi connectivity index (χ1v) is 20.3. The molecule has 6 atom stereocenters. The molecule has 1 aliphatic heterocycles. The Morgan fingerprint density at radius 3 is 2.08 bits per heavy atom. The number of nitrogens with two attached hydrogens (primary N) is 1. The molecule has 0 saturated carbocycles. The molecule has 0 bridgehead atoms. The average Bonchev–Trinajstić information content (AvgIpc) is 3.90. The summed E-state index contributed by atoms with van der Waals surface area (Å²) in [6, 6.07) is 12.6. The third-order valence-electron chi connectivity index (χ3n) is 10.3. The van der Waals surface area contributed by atoms with Crippen LogP contribution in [0.25, 0.3) is 0 Å². The normalized spacial score (nSPS) is 16.2. The van der Waals surface area contributed by atoms with Gasteiger partial charge in [-0.2, -0.15) is 0 Å². The first-order chi connectivity index (χ1) is 28.7. The second-order valence-electron chi connectivity index (χ2n) is 15.6. The van der Waals surface area contributed by atoms with Crippen LogP contribution in [0.15, 0.2) is 73.2 Å². The number of aromatic nitrogens is 2. The fourth-order valence-corrected chi connectivity index (χ4v) is 7.08. The number of aliphatic hydroxyl groups excluding tert-OH is 1. The molecule has 324 valence electrons. The van der Waals surface area contributed by atoms with Gasteiger partial charge in [0, 0.05) is 38.3 Å². The van der Waals surface area contributed by atoms with Gasteiger partial charge in [-0.3, -0.25) is 33.6 Å². The van der Waals surface area contributed by atoms with Gasteiger partial charge in [-0.15, -0.1) is 0 Å². The first-order valence-electron chi connectivity index (χ1n) is 20.3. The lowest BCUT2D eigenvalue weighted by molar-refractivity contribution is -0.146. The zero-order valence-electron chi connectivity index (χ0n) is 34.7. The van der Waals surface area contributed by atoms with Gasteiger partial charge in [-0.05, 0) is 48.6 Å². The largest absolute Gasteiger partial charge is 0.461 e. The Morgan fingerprint density at radius 2 is 1.47 bits per heavy atom. The highest BCUT2D eigenvalue weighted by atomic mass is 16.5. The van der Waals surface area contributed by atoms with Crippen LogP contribution in [-0.2, 0) is 64.3 Å². The number of nitrogens with zero attached hydrogens (tertiary/aromatic N) is 3. The van der Waals surface area contributed by atoms with Crippen LogP contribution in [0.4, 0.5) is 0 Å². The summed E-state index contributed by atoms with van der Waals surface area (Å²) >= 11 is 0. The molecular weight excluding hydrogens is 773 g/mol. The highest BCUT2D eigenvalue weighted by Crippen LogP contribution is 2.19. The fraction of sp³-hybridized carbons (Fsp3) is 0.488. The number of benzene rings is 2. The molecule has 2 aromatic carbocycles. The van der Waals surface area contributed by atoms with Crippen molar-refractivity contribution < 1.29 is 43.4 Å². The molecule has 0 unspecified atom stereocenters. The van der Waals surface area contributed by atoms with Gasteiger partial charge in [0.15, 0.2) is 0 Å². The quantitative estimate of drug-likeness (QED) is 0.0782. The summed E-state index contributed by atoms with van der Waals surface area (Å²) in [4.78, 5) is 98.2. The van der Waals surface area contributed by atoms with Crippen molar-refractivity contribution in [2.45, 2.75) is 110 Å². The third-order valence-corrected chi connectivity index (χ3v) is 10.3. The van der Waals surface area contributed by atoms with E-state index in [1.54, 1.807) is 36.8 Å². The fourth-order valence-electron chi connectivity index (χ4n) is 7.08. The number of carbonyl (C=O) groups excluding carboxylic acids is 7. The summed E-state index contributed by atoms with van der Waals surface area (Å²) in [6.45, 7) is 6.69. The number of hydrogen-bond donors (Lipinski definition) is 6. The van der Waals surface area contributed by atoms with Crippen molar-refractivity contribution in [1.82, 2.24) is 35.7 Å². The number of carbonyl (C=O) groups is 7. The Bertz CT molecular complexity index is 1920. The van der Waals surface area contributed by atoms with Crippen LogP contribution in [0, 0.1) is 11.8 Å². The molecule has 1 fully saturated rings. The minimum absolute atomic E-state index is 0.00764. The van der Waals surface area contributed by atoms with E-state index in [0.29, 0.717) is 38.0 Å². The lowest BCUT2D eigenvalue weighted by Gasteiger charge is -2.28. The Balaban J connectivity index is 1.51. The number of aliphatic hydroxyl groups is 1. The SMILES string of the molecule is CC(=O)N1CCC[C@H]1C(=O)N[C@@H](CC(C)C)C(=O)N[C@@H](Cc1cncn1CCc1ccccc1)C(=O)N[C@@H](CO)C(=O)N[C@H](C(N)=O)[C@@H](C)CC(=O)OCc1ccccc1. The molecular formula is C43H58N8O9. The average molecular weight is 831 g/mol. The minimum Gasteiger partial charge on any atom is -0.461 e. The second kappa shape index (κ2) is 22.9. The van der Waals surface area contributed by atoms with E-state index in [1.165, 1.54) is 18.7 Å². The van der Waals surface area contributed by atoms with Crippen LogP contribution in [0.3, 0.4) is 0 Å². The summed E-state index contributed by atoms with van der Waals surface area (Å²) < 4.78 is 7.16. The Labute approximate surface area is 350 Å². The first kappa shape index (κ1) is 46.6. The van der Waals surface area contributed by atoms with Crippen LogP contribution in [-0.4, -0.2) is 104 Å². The van der Waals surface area contributed by atoms with E-state index < -0.39 is 78.2 Å². The lowest BCUT2D eigenvalue weighted by Crippen LogP contribution is -2.60. The summed E-state index contributed by atoms with van der Waals surface area (Å²) in [5.41, 5.74) is 8.03. The van der Waals surface area contributed by atoms with Gasteiger partial charge in [0.05, 0.1) is 19.4 Å². The van der Waals surface area contributed by atoms with Crippen LogP contribution in [0.5, 0.6) is 0 Å². The molecule has 1 aliphatic rings. The number of esters is 1. The number of nitrogens with one attached hydrogen (secondary N) is 4. The number of aryl methyl sites for hydroxylation is 2. The van der Waals surface area contributed by atoms with Gasteiger partial charge in [0.25, 0.3) is 0 Å². The second-order valence-corrected chi connectivity index (χ2v) is 15.6. The maximum Gasteiger partial charge on any atom is 0.306 e. The van der Waals surface area contributed by atoms with Crippen LogP contribution in [0.2, 0.25) is 0 Å². The Morgan fingerprint density at radius 1 is 0.850 bits per heavy atom. The van der Waals surface area contributed by atoms with Gasteiger partial charge in [0.1, 0.15) is 36.8 Å². The summed E-state index contributed by atoms with van der Waals surface area (Å²) in [5, 5.41) is 20.8. The highest BCUT2D eigenvalue weighted by molar-refractivity contribution is 5.96. The highest BCUT2D eigenvalue weighted by Gasteiger charge is 2.37. The molecule has 60 heavy (non-hydrogen) atoms. The predicted molar refractivity (Wildman–Crippen MR) is 220 cm³/mol. The maximum absolute atomic E-state index is 14.1. The van der Waals surface area contributed by atoms with Crippen molar-refractivity contribution in [3.05, 3.63) is 90.0 Å². The molecule has 2 heterocycles. The van der Waals surface area contributed by atoms with Crippen molar-refractivity contribution in [2.24, 2.45) is 17.6 Å². The zero-order chi connectivity index (χ0) is 43.8. The summed E-state index contributed by atoms with van der Waals surface area (Å²) in [6.07, 6.45) is 4.72. The van der Waals surface area contributed by atoms with Gasteiger partial charge < -0.3 is 46.3 Å². The van der Waals surface area contributed by atoms with E-state index in [9.17, 15) is 38.7 Å². The number of amides is 6. The van der Waals surface area contributed by atoms with E-state index in [2.05, 4.69) is 26.3 Å². The van der Waals surface area contributed by atoms with Crippen molar-refractivity contribution in [3.8, 4) is 0 Å². The van der Waals surface area contributed by atoms with E-state index in [4.69, 9.17) is 10.5 Å². The number of primary amides is 1. The molecule has 0 spiro atoms. The molecule has 7 N–H and O–H groups in total. The molecule has 6 amide bonds.